The van der Waals surface area contributed by atoms with Crippen LogP contribution >= 0.6 is 11.6 Å². The zero-order chi connectivity index (χ0) is 10.5. The molecule has 0 aliphatic carbocycles. The van der Waals surface area contributed by atoms with Crippen molar-refractivity contribution in [3.8, 4) is 5.75 Å². The Kier molecular flexibility index (Phi) is 3.19. The third-order valence-corrected chi connectivity index (χ3v) is 2.21. The highest BCUT2D eigenvalue weighted by Gasteiger charge is 1.99. The van der Waals surface area contributed by atoms with Crippen LogP contribution in [0.4, 0.5) is 0 Å². The van der Waals surface area contributed by atoms with Crippen molar-refractivity contribution < 1.29 is 4.74 Å². The van der Waals surface area contributed by atoms with Crippen LogP contribution in [0, 0.1) is 0 Å². The summed E-state index contributed by atoms with van der Waals surface area (Å²) in [6.45, 7) is 1.18. The van der Waals surface area contributed by atoms with Gasteiger partial charge in [-0.1, -0.05) is 18.2 Å². The van der Waals surface area contributed by atoms with Gasteiger partial charge in [0, 0.05) is 0 Å². The third kappa shape index (κ3) is 2.70. The summed E-state index contributed by atoms with van der Waals surface area (Å²) < 4.78 is 7.23. The first kappa shape index (κ1) is 9.98. The van der Waals surface area contributed by atoms with Crippen molar-refractivity contribution in [2.75, 3.05) is 6.61 Å². The minimum Gasteiger partial charge on any atom is -0.492 e. The van der Waals surface area contributed by atoms with Gasteiger partial charge in [0.1, 0.15) is 18.7 Å². The van der Waals surface area contributed by atoms with E-state index in [1.165, 1.54) is 0 Å². The molecular formula is C10H10ClN3O. The van der Waals surface area contributed by atoms with Gasteiger partial charge in [0.25, 0.3) is 0 Å². The summed E-state index contributed by atoms with van der Waals surface area (Å²) in [5.74, 6) is 0.849. The van der Waals surface area contributed by atoms with Gasteiger partial charge in [-0.25, -0.2) is 0 Å². The highest BCUT2D eigenvalue weighted by molar-refractivity contribution is 6.28. The Labute approximate surface area is 92.5 Å². The fourth-order valence-electron chi connectivity index (χ4n) is 1.17. The zero-order valence-electron chi connectivity index (χ0n) is 8.01. The van der Waals surface area contributed by atoms with Crippen LogP contribution in [0.3, 0.4) is 0 Å². The second-order valence-electron chi connectivity index (χ2n) is 2.95. The number of para-hydroxylation sites is 1. The third-order valence-electron chi connectivity index (χ3n) is 1.91. The maximum absolute atomic E-state index is 5.76. The number of nitrogens with zero attached hydrogens (tertiary/aromatic N) is 3. The number of ether oxygens (including phenoxy) is 1. The van der Waals surface area contributed by atoms with Crippen molar-refractivity contribution in [1.29, 1.82) is 0 Å². The zero-order valence-corrected chi connectivity index (χ0v) is 8.76. The molecule has 15 heavy (non-hydrogen) atoms. The van der Waals surface area contributed by atoms with Crippen molar-refractivity contribution in [1.82, 2.24) is 14.8 Å². The molecule has 0 spiro atoms. The van der Waals surface area contributed by atoms with E-state index in [1.54, 1.807) is 10.9 Å². The van der Waals surface area contributed by atoms with E-state index >= 15 is 0 Å². The van der Waals surface area contributed by atoms with Crippen LogP contribution in [0.25, 0.3) is 0 Å². The lowest BCUT2D eigenvalue weighted by Gasteiger charge is -2.06. The molecule has 0 N–H and O–H groups in total. The van der Waals surface area contributed by atoms with Gasteiger partial charge in [-0.05, 0) is 23.7 Å². The van der Waals surface area contributed by atoms with Crippen LogP contribution in [0.1, 0.15) is 0 Å². The molecule has 1 heterocycles. The highest BCUT2D eigenvalue weighted by atomic mass is 35.5. The SMILES string of the molecule is Clc1nncn1CCOc1ccccc1. The summed E-state index contributed by atoms with van der Waals surface area (Å²) in [7, 11) is 0. The average molecular weight is 224 g/mol. The molecule has 0 atom stereocenters. The molecule has 1 aromatic carbocycles. The van der Waals surface area contributed by atoms with E-state index in [4.69, 9.17) is 16.3 Å². The summed E-state index contributed by atoms with van der Waals surface area (Å²) >= 11 is 5.76. The van der Waals surface area contributed by atoms with Crippen LogP contribution in [-0.2, 0) is 6.54 Å². The first-order chi connectivity index (χ1) is 7.36. The molecule has 0 saturated carbocycles. The lowest BCUT2D eigenvalue weighted by Crippen LogP contribution is -2.07. The molecule has 1 aromatic heterocycles. The Balaban J connectivity index is 1.83. The smallest absolute Gasteiger partial charge is 0.224 e. The predicted molar refractivity (Wildman–Crippen MR) is 57.0 cm³/mol. The van der Waals surface area contributed by atoms with Crippen molar-refractivity contribution in [2.45, 2.75) is 6.54 Å². The lowest BCUT2D eigenvalue weighted by atomic mass is 10.3. The number of hydrogen-bond donors (Lipinski definition) is 0. The molecule has 78 valence electrons. The maximum Gasteiger partial charge on any atom is 0.224 e. The van der Waals surface area contributed by atoms with E-state index in [1.807, 2.05) is 30.3 Å². The average Bonchev–Trinajstić information content (AvgIpc) is 2.66. The fraction of sp³-hybridized carbons (Fsp3) is 0.200. The summed E-state index contributed by atoms with van der Waals surface area (Å²) in [6, 6.07) is 9.63. The standard InChI is InChI=1S/C10H10ClN3O/c11-10-13-12-8-14(10)6-7-15-9-4-2-1-3-5-9/h1-5,8H,6-7H2. The Bertz CT molecular complexity index is 416. The van der Waals surface area contributed by atoms with Crippen LogP contribution < -0.4 is 4.74 Å². The number of hydrogen-bond acceptors (Lipinski definition) is 3. The number of benzene rings is 1. The van der Waals surface area contributed by atoms with E-state index in [9.17, 15) is 0 Å². The number of aromatic nitrogens is 3. The molecule has 0 amide bonds. The summed E-state index contributed by atoms with van der Waals surface area (Å²) in [6.07, 6.45) is 1.58. The van der Waals surface area contributed by atoms with E-state index in [0.717, 1.165) is 5.75 Å². The van der Waals surface area contributed by atoms with E-state index in [2.05, 4.69) is 10.2 Å². The molecule has 5 heteroatoms. The van der Waals surface area contributed by atoms with Gasteiger partial charge in [-0.2, -0.15) is 0 Å². The minimum atomic E-state index is 0.381. The van der Waals surface area contributed by atoms with Crippen LogP contribution in [-0.4, -0.2) is 21.4 Å². The first-order valence-corrected chi connectivity index (χ1v) is 4.95. The summed E-state index contributed by atoms with van der Waals surface area (Å²) in [5, 5.41) is 7.72. The molecule has 0 radical (unpaired) electrons. The van der Waals surface area contributed by atoms with E-state index in [0.29, 0.717) is 18.4 Å². The topological polar surface area (TPSA) is 39.9 Å². The van der Waals surface area contributed by atoms with Gasteiger partial charge >= 0.3 is 0 Å². The number of halogens is 1. The lowest BCUT2D eigenvalue weighted by molar-refractivity contribution is 0.298. The van der Waals surface area contributed by atoms with Crippen molar-refractivity contribution >= 4 is 11.6 Å². The monoisotopic (exact) mass is 223 g/mol. The first-order valence-electron chi connectivity index (χ1n) is 4.57. The molecular weight excluding hydrogens is 214 g/mol. The Morgan fingerprint density at radius 1 is 1.27 bits per heavy atom. The van der Waals surface area contributed by atoms with Gasteiger partial charge < -0.3 is 9.30 Å². The Morgan fingerprint density at radius 3 is 2.73 bits per heavy atom. The molecule has 4 nitrogen and oxygen atoms in total. The molecule has 2 rings (SSSR count). The van der Waals surface area contributed by atoms with E-state index < -0.39 is 0 Å². The second-order valence-corrected chi connectivity index (χ2v) is 3.29. The molecule has 0 saturated heterocycles. The summed E-state index contributed by atoms with van der Waals surface area (Å²) in [4.78, 5) is 0. The van der Waals surface area contributed by atoms with Crippen LogP contribution in [0.5, 0.6) is 5.75 Å². The molecule has 0 unspecified atom stereocenters. The van der Waals surface area contributed by atoms with Gasteiger partial charge in [0.15, 0.2) is 0 Å². The van der Waals surface area contributed by atoms with Crippen molar-refractivity contribution in [2.24, 2.45) is 0 Å². The predicted octanol–water partition coefficient (Wildman–Crippen LogP) is 2.01. The molecule has 0 fully saturated rings. The minimum absolute atomic E-state index is 0.381. The van der Waals surface area contributed by atoms with E-state index in [-0.39, 0.29) is 0 Å². The quantitative estimate of drug-likeness (QED) is 0.796. The second kappa shape index (κ2) is 4.79. The molecule has 0 aliphatic rings. The summed E-state index contributed by atoms with van der Waals surface area (Å²) in [5.41, 5.74) is 0. The van der Waals surface area contributed by atoms with Gasteiger partial charge in [0.05, 0.1) is 6.54 Å². The Hall–Kier alpha value is -1.55. The molecule has 0 aliphatic heterocycles. The van der Waals surface area contributed by atoms with Crippen LogP contribution in [0.15, 0.2) is 36.7 Å². The van der Waals surface area contributed by atoms with Gasteiger partial charge in [0.2, 0.25) is 5.28 Å². The normalized spacial score (nSPS) is 10.2. The van der Waals surface area contributed by atoms with Crippen molar-refractivity contribution in [3.63, 3.8) is 0 Å². The largest absolute Gasteiger partial charge is 0.492 e. The van der Waals surface area contributed by atoms with Crippen LogP contribution in [0.2, 0.25) is 5.28 Å². The molecule has 2 aromatic rings. The van der Waals surface area contributed by atoms with Crippen molar-refractivity contribution in [3.05, 3.63) is 41.9 Å². The fourth-order valence-corrected chi connectivity index (χ4v) is 1.34. The highest BCUT2D eigenvalue weighted by Crippen LogP contribution is 2.08. The van der Waals surface area contributed by atoms with Gasteiger partial charge in [-0.15, -0.1) is 10.2 Å². The Morgan fingerprint density at radius 2 is 2.07 bits per heavy atom. The number of rotatable bonds is 4. The maximum atomic E-state index is 5.76. The molecule has 0 bridgehead atoms. The van der Waals surface area contributed by atoms with Gasteiger partial charge in [-0.3, -0.25) is 0 Å².